The van der Waals surface area contributed by atoms with Crippen molar-refractivity contribution in [3.8, 4) is 0 Å². The van der Waals surface area contributed by atoms with Gasteiger partial charge in [0.2, 0.25) is 0 Å². The number of rotatable bonds is 7. The first kappa shape index (κ1) is 15.9. The van der Waals surface area contributed by atoms with Gasteiger partial charge in [0.15, 0.2) is 0 Å². The van der Waals surface area contributed by atoms with Crippen LogP contribution in [0.15, 0.2) is 18.2 Å². The Bertz CT molecular complexity index is 512. The van der Waals surface area contributed by atoms with Crippen LogP contribution < -0.4 is 5.32 Å². The summed E-state index contributed by atoms with van der Waals surface area (Å²) in [6.45, 7) is -0.621. The van der Waals surface area contributed by atoms with E-state index < -0.39 is 40.3 Å². The van der Waals surface area contributed by atoms with Crippen molar-refractivity contribution >= 4 is 11.4 Å². The lowest BCUT2D eigenvalue weighted by Crippen LogP contribution is -2.31. The zero-order valence-corrected chi connectivity index (χ0v) is 10.0. The van der Waals surface area contributed by atoms with Crippen molar-refractivity contribution in [2.45, 2.75) is 19.1 Å². The third-order valence-corrected chi connectivity index (χ3v) is 2.44. The van der Waals surface area contributed by atoms with Gasteiger partial charge < -0.3 is 10.4 Å². The number of benzene rings is 1. The molecule has 0 heterocycles. The smallest absolute Gasteiger partial charge is 0.280 e. The van der Waals surface area contributed by atoms with E-state index in [4.69, 9.17) is 5.11 Å². The van der Waals surface area contributed by atoms with Gasteiger partial charge in [0.25, 0.3) is 17.8 Å². The highest BCUT2D eigenvalue weighted by Gasteiger charge is 2.20. The number of nitrogens with zero attached hydrogens (tertiary/aromatic N) is 2. The number of nitro groups is 2. The molecule has 10 heteroatoms. The lowest BCUT2D eigenvalue weighted by atomic mass is 10.1. The number of nitrogens with one attached hydrogen (secondary N) is 1. The molecule has 1 atom stereocenters. The molecule has 0 aromatic heterocycles. The van der Waals surface area contributed by atoms with Crippen molar-refractivity contribution in [1.29, 1.82) is 0 Å². The van der Waals surface area contributed by atoms with Gasteiger partial charge in [0.05, 0.1) is 15.9 Å². The summed E-state index contributed by atoms with van der Waals surface area (Å²) in [4.78, 5) is 19.7. The summed E-state index contributed by atoms with van der Waals surface area (Å²) < 4.78 is 24.1. The number of hydrogen-bond acceptors (Lipinski definition) is 6. The van der Waals surface area contributed by atoms with Gasteiger partial charge in [-0.25, -0.2) is 8.78 Å². The molecule has 0 aliphatic carbocycles. The highest BCUT2D eigenvalue weighted by Crippen LogP contribution is 2.24. The molecule has 8 nitrogen and oxygen atoms in total. The van der Waals surface area contributed by atoms with Crippen molar-refractivity contribution in [1.82, 2.24) is 5.32 Å². The number of alkyl halides is 2. The molecule has 2 N–H and O–H groups in total. The van der Waals surface area contributed by atoms with E-state index in [1.165, 1.54) is 0 Å². The maximum atomic E-state index is 12.0. The molecule has 0 fully saturated rings. The predicted octanol–water partition coefficient (Wildman–Crippen LogP) is 1.22. The van der Waals surface area contributed by atoms with Crippen molar-refractivity contribution < 1.29 is 23.7 Å². The number of hydrogen-bond donors (Lipinski definition) is 2. The molecule has 110 valence electrons. The second kappa shape index (κ2) is 6.82. The van der Waals surface area contributed by atoms with Gasteiger partial charge in [0.1, 0.15) is 6.10 Å². The van der Waals surface area contributed by atoms with Crippen LogP contribution in [0, 0.1) is 20.2 Å². The van der Waals surface area contributed by atoms with Crippen LogP contribution in [-0.2, 0) is 6.54 Å². The van der Waals surface area contributed by atoms with E-state index in [0.717, 1.165) is 18.2 Å². The minimum atomic E-state index is -2.92. The molecule has 0 aliphatic rings. The molecular weight excluding hydrogens is 280 g/mol. The Hall–Kier alpha value is -2.20. The van der Waals surface area contributed by atoms with Crippen LogP contribution in [0.1, 0.15) is 5.56 Å². The minimum absolute atomic E-state index is 0.0991. The van der Waals surface area contributed by atoms with Crippen LogP contribution in [0.2, 0.25) is 0 Å². The molecule has 1 aromatic rings. The molecule has 0 radical (unpaired) electrons. The Labute approximate surface area is 111 Å². The first-order chi connectivity index (χ1) is 9.32. The SMILES string of the molecule is O=[N+]([O-])c1ccc(CNCC(O)C(F)F)c([N+](=O)[O-])c1. The van der Waals surface area contributed by atoms with Gasteiger partial charge in [-0.05, 0) is 6.07 Å². The van der Waals surface area contributed by atoms with Gasteiger partial charge in [-0.1, -0.05) is 0 Å². The first-order valence-corrected chi connectivity index (χ1v) is 5.41. The molecule has 1 unspecified atom stereocenters. The number of nitro benzene ring substituents is 2. The van der Waals surface area contributed by atoms with E-state index in [2.05, 4.69) is 5.32 Å². The largest absolute Gasteiger partial charge is 0.386 e. The second-order valence-electron chi connectivity index (χ2n) is 3.86. The third-order valence-electron chi connectivity index (χ3n) is 2.44. The fraction of sp³-hybridized carbons (Fsp3) is 0.400. The molecule has 1 aromatic carbocycles. The fourth-order valence-electron chi connectivity index (χ4n) is 1.43. The molecule has 0 saturated heterocycles. The van der Waals surface area contributed by atoms with Crippen molar-refractivity contribution in [2.75, 3.05) is 6.54 Å². The summed E-state index contributed by atoms with van der Waals surface area (Å²) in [7, 11) is 0. The van der Waals surface area contributed by atoms with Crippen molar-refractivity contribution in [2.24, 2.45) is 0 Å². The topological polar surface area (TPSA) is 119 Å². The quantitative estimate of drug-likeness (QED) is 0.576. The lowest BCUT2D eigenvalue weighted by Gasteiger charge is -2.10. The molecule has 20 heavy (non-hydrogen) atoms. The average Bonchev–Trinajstić information content (AvgIpc) is 2.38. The van der Waals surface area contributed by atoms with Gasteiger partial charge >= 0.3 is 0 Å². The normalized spacial score (nSPS) is 12.4. The standard InChI is InChI=1S/C10H11F2N3O5/c11-10(12)9(16)5-13-4-6-1-2-7(14(17)18)3-8(6)15(19)20/h1-3,9-10,13,16H,4-5H2. The zero-order chi connectivity index (χ0) is 15.3. The summed E-state index contributed by atoms with van der Waals surface area (Å²) in [6, 6.07) is 3.03. The van der Waals surface area contributed by atoms with Crippen LogP contribution in [0.4, 0.5) is 20.2 Å². The van der Waals surface area contributed by atoms with E-state index in [1.54, 1.807) is 0 Å². The van der Waals surface area contributed by atoms with Gasteiger partial charge in [0, 0.05) is 24.7 Å². The van der Waals surface area contributed by atoms with Gasteiger partial charge in [-0.2, -0.15) is 0 Å². The summed E-state index contributed by atoms with van der Waals surface area (Å²) >= 11 is 0. The summed E-state index contributed by atoms with van der Waals surface area (Å²) in [5.74, 6) is 0. The number of non-ortho nitro benzene ring substituents is 1. The highest BCUT2D eigenvalue weighted by molar-refractivity contribution is 5.49. The van der Waals surface area contributed by atoms with Crippen LogP contribution in [0.5, 0.6) is 0 Å². The van der Waals surface area contributed by atoms with E-state index in [1.807, 2.05) is 0 Å². The highest BCUT2D eigenvalue weighted by atomic mass is 19.3. The van der Waals surface area contributed by atoms with Gasteiger partial charge in [-0.15, -0.1) is 0 Å². The first-order valence-electron chi connectivity index (χ1n) is 5.41. The van der Waals surface area contributed by atoms with Crippen LogP contribution in [0.25, 0.3) is 0 Å². The average molecular weight is 291 g/mol. The molecule has 0 spiro atoms. The molecule has 0 aliphatic heterocycles. The van der Waals surface area contributed by atoms with Crippen LogP contribution in [0.3, 0.4) is 0 Å². The van der Waals surface area contributed by atoms with E-state index in [0.29, 0.717) is 0 Å². The molecular formula is C10H11F2N3O5. The summed E-state index contributed by atoms with van der Waals surface area (Å²) in [5.41, 5.74) is -0.826. The van der Waals surface area contributed by atoms with E-state index >= 15 is 0 Å². The summed E-state index contributed by atoms with van der Waals surface area (Å²) in [6.07, 6.45) is -4.80. The molecule has 0 saturated carbocycles. The third kappa shape index (κ3) is 4.17. The van der Waals surface area contributed by atoms with Crippen molar-refractivity contribution in [3.63, 3.8) is 0 Å². The van der Waals surface area contributed by atoms with Crippen LogP contribution in [-0.4, -0.2) is 34.0 Å². The maximum Gasteiger partial charge on any atom is 0.280 e. The number of halogens is 2. The Morgan fingerprint density at radius 1 is 1.25 bits per heavy atom. The minimum Gasteiger partial charge on any atom is -0.386 e. The van der Waals surface area contributed by atoms with Crippen molar-refractivity contribution in [3.05, 3.63) is 44.0 Å². The Kier molecular flexibility index (Phi) is 5.41. The fourth-order valence-corrected chi connectivity index (χ4v) is 1.43. The lowest BCUT2D eigenvalue weighted by molar-refractivity contribution is -0.394. The predicted molar refractivity (Wildman–Crippen MR) is 63.5 cm³/mol. The summed E-state index contributed by atoms with van der Waals surface area (Å²) in [5, 5.41) is 32.6. The Morgan fingerprint density at radius 2 is 1.90 bits per heavy atom. The molecule has 0 amide bonds. The Morgan fingerprint density at radius 3 is 2.40 bits per heavy atom. The monoisotopic (exact) mass is 291 g/mol. The van der Waals surface area contributed by atoms with Gasteiger partial charge in [-0.3, -0.25) is 20.2 Å². The Balaban J connectivity index is 2.79. The molecule has 0 bridgehead atoms. The van der Waals surface area contributed by atoms with E-state index in [9.17, 15) is 29.0 Å². The van der Waals surface area contributed by atoms with Crippen LogP contribution >= 0.6 is 0 Å². The second-order valence-corrected chi connectivity index (χ2v) is 3.86. The van der Waals surface area contributed by atoms with E-state index in [-0.39, 0.29) is 12.1 Å². The maximum absolute atomic E-state index is 12.0. The molecule has 1 rings (SSSR count). The number of aliphatic hydroxyl groups is 1. The zero-order valence-electron chi connectivity index (χ0n) is 10.0. The number of aliphatic hydroxyl groups excluding tert-OH is 1.